The molecule has 2 aromatic rings. The van der Waals surface area contributed by atoms with Crippen molar-refractivity contribution in [2.45, 2.75) is 19.3 Å². The molecule has 0 atom stereocenters. The average Bonchev–Trinajstić information content (AvgIpc) is 3.06. The van der Waals surface area contributed by atoms with Crippen molar-refractivity contribution in [1.29, 1.82) is 0 Å². The zero-order valence-electron chi connectivity index (χ0n) is 10.4. The molecule has 2 amide bonds. The lowest BCUT2D eigenvalue weighted by Gasteiger charge is -2.02. The van der Waals surface area contributed by atoms with Crippen LogP contribution in [0.5, 0.6) is 0 Å². The molecule has 1 aliphatic rings. The number of rotatable bonds is 4. The molecule has 1 aromatic heterocycles. The van der Waals surface area contributed by atoms with E-state index in [0.717, 1.165) is 23.6 Å². The summed E-state index contributed by atoms with van der Waals surface area (Å²) >= 11 is 1.73. The topological polar surface area (TPSA) is 68.0 Å². The number of benzene rings is 1. The van der Waals surface area contributed by atoms with E-state index < -0.39 is 6.03 Å². The zero-order chi connectivity index (χ0) is 13.2. The first-order valence-corrected chi connectivity index (χ1v) is 7.20. The zero-order valence-corrected chi connectivity index (χ0v) is 11.2. The largest absolute Gasteiger partial charge is 0.351 e. The van der Waals surface area contributed by atoms with Crippen LogP contribution in [0.3, 0.4) is 0 Å². The number of nitrogens with one attached hydrogen (secondary N) is 1. The molecule has 98 valence electrons. The molecule has 1 aliphatic carbocycles. The number of primary amides is 1. The van der Waals surface area contributed by atoms with Crippen molar-refractivity contribution in [2.75, 3.05) is 5.32 Å². The van der Waals surface area contributed by atoms with Gasteiger partial charge in [0.2, 0.25) is 0 Å². The van der Waals surface area contributed by atoms with Crippen LogP contribution >= 0.6 is 11.3 Å². The van der Waals surface area contributed by atoms with Gasteiger partial charge in [-0.05, 0) is 30.9 Å². The summed E-state index contributed by atoms with van der Waals surface area (Å²) in [6, 6.07) is 7.01. The van der Waals surface area contributed by atoms with Crippen molar-refractivity contribution in [3.05, 3.63) is 34.7 Å². The summed E-state index contributed by atoms with van der Waals surface area (Å²) in [5.74, 6) is 0.862. The number of carbonyl (C=O) groups excluding carboxylic acids is 1. The maximum Gasteiger partial charge on any atom is 0.316 e. The van der Waals surface area contributed by atoms with Crippen LogP contribution in [0.2, 0.25) is 0 Å². The minimum absolute atomic E-state index is 0.548. The number of amides is 2. The molecule has 0 aliphatic heterocycles. The van der Waals surface area contributed by atoms with E-state index in [-0.39, 0.29) is 0 Å². The smallest absolute Gasteiger partial charge is 0.316 e. The highest BCUT2D eigenvalue weighted by molar-refractivity contribution is 7.09. The third-order valence-corrected chi connectivity index (χ3v) is 4.03. The molecule has 3 N–H and O–H groups in total. The number of anilines is 1. The predicted molar refractivity (Wildman–Crippen MR) is 77.2 cm³/mol. The van der Waals surface area contributed by atoms with E-state index in [0.29, 0.717) is 5.69 Å². The predicted octanol–water partition coefficient (Wildman–Crippen LogP) is 3.25. The van der Waals surface area contributed by atoms with Gasteiger partial charge in [0.25, 0.3) is 0 Å². The van der Waals surface area contributed by atoms with Crippen LogP contribution in [0, 0.1) is 5.92 Å². The molecule has 0 spiro atoms. The number of carbonyl (C=O) groups is 1. The Hall–Kier alpha value is -1.88. The summed E-state index contributed by atoms with van der Waals surface area (Å²) < 4.78 is 0. The van der Waals surface area contributed by atoms with Gasteiger partial charge in [-0.15, -0.1) is 11.3 Å². The Morgan fingerprint density at radius 1 is 1.37 bits per heavy atom. The van der Waals surface area contributed by atoms with Gasteiger partial charge in [-0.3, -0.25) is 0 Å². The third kappa shape index (κ3) is 3.12. The van der Waals surface area contributed by atoms with Crippen LogP contribution in [0.4, 0.5) is 10.5 Å². The van der Waals surface area contributed by atoms with Gasteiger partial charge in [0, 0.05) is 23.1 Å². The Morgan fingerprint density at radius 2 is 2.11 bits per heavy atom. The minimum Gasteiger partial charge on any atom is -0.351 e. The molecule has 1 heterocycles. The van der Waals surface area contributed by atoms with E-state index in [1.165, 1.54) is 17.8 Å². The molecular formula is C14H15N3OS. The lowest BCUT2D eigenvalue weighted by Crippen LogP contribution is -2.19. The molecule has 5 heteroatoms. The van der Waals surface area contributed by atoms with Crippen LogP contribution < -0.4 is 11.1 Å². The molecule has 4 nitrogen and oxygen atoms in total. The van der Waals surface area contributed by atoms with Gasteiger partial charge in [-0.25, -0.2) is 9.78 Å². The van der Waals surface area contributed by atoms with Crippen LogP contribution in [0.25, 0.3) is 11.3 Å². The van der Waals surface area contributed by atoms with Gasteiger partial charge in [-0.2, -0.15) is 0 Å². The second-order valence-electron chi connectivity index (χ2n) is 4.84. The first kappa shape index (κ1) is 12.2. The second kappa shape index (κ2) is 5.01. The van der Waals surface area contributed by atoms with Gasteiger partial charge < -0.3 is 11.1 Å². The molecule has 0 radical (unpaired) electrons. The molecule has 19 heavy (non-hydrogen) atoms. The van der Waals surface area contributed by atoms with Gasteiger partial charge in [-0.1, -0.05) is 12.1 Å². The van der Waals surface area contributed by atoms with Crippen molar-refractivity contribution in [2.24, 2.45) is 11.7 Å². The Morgan fingerprint density at radius 3 is 2.74 bits per heavy atom. The first-order chi connectivity index (χ1) is 9.20. The van der Waals surface area contributed by atoms with E-state index in [1.807, 2.05) is 24.3 Å². The molecular weight excluding hydrogens is 258 g/mol. The maximum atomic E-state index is 10.7. The number of hydrogen-bond donors (Lipinski definition) is 2. The summed E-state index contributed by atoms with van der Waals surface area (Å²) in [6.07, 6.45) is 3.82. The van der Waals surface area contributed by atoms with E-state index in [1.54, 1.807) is 11.3 Å². The summed E-state index contributed by atoms with van der Waals surface area (Å²) in [4.78, 5) is 15.4. The van der Waals surface area contributed by atoms with Gasteiger partial charge in [0.15, 0.2) is 0 Å². The molecule has 3 rings (SSSR count). The highest BCUT2D eigenvalue weighted by Gasteiger charge is 2.22. The van der Waals surface area contributed by atoms with Crippen LogP contribution in [0.1, 0.15) is 17.8 Å². The number of nitrogens with two attached hydrogens (primary N) is 1. The van der Waals surface area contributed by atoms with E-state index in [4.69, 9.17) is 5.73 Å². The van der Waals surface area contributed by atoms with Crippen molar-refractivity contribution >= 4 is 23.1 Å². The summed E-state index contributed by atoms with van der Waals surface area (Å²) in [5, 5.41) is 5.85. The van der Waals surface area contributed by atoms with E-state index in [9.17, 15) is 4.79 Å². The Labute approximate surface area is 115 Å². The fraction of sp³-hybridized carbons (Fsp3) is 0.286. The minimum atomic E-state index is -0.548. The lowest BCUT2D eigenvalue weighted by atomic mass is 10.1. The van der Waals surface area contributed by atoms with Gasteiger partial charge >= 0.3 is 6.03 Å². The number of thiazole rings is 1. The average molecular weight is 273 g/mol. The number of nitrogens with zero attached hydrogens (tertiary/aromatic N) is 1. The van der Waals surface area contributed by atoms with Gasteiger partial charge in [0.05, 0.1) is 10.7 Å². The highest BCUT2D eigenvalue weighted by Crippen LogP contribution is 2.34. The fourth-order valence-corrected chi connectivity index (χ4v) is 2.89. The van der Waals surface area contributed by atoms with Crippen molar-refractivity contribution < 1.29 is 4.79 Å². The van der Waals surface area contributed by atoms with Crippen LogP contribution in [-0.2, 0) is 6.42 Å². The number of hydrogen-bond acceptors (Lipinski definition) is 3. The van der Waals surface area contributed by atoms with Crippen LogP contribution in [0.15, 0.2) is 29.6 Å². The SMILES string of the molecule is NC(=O)Nc1ccc(-c2csc(CC3CC3)n2)cc1. The molecule has 1 saturated carbocycles. The highest BCUT2D eigenvalue weighted by atomic mass is 32.1. The molecule has 1 fully saturated rings. The molecule has 0 saturated heterocycles. The Bertz CT molecular complexity index is 587. The van der Waals surface area contributed by atoms with Gasteiger partial charge in [0.1, 0.15) is 0 Å². The lowest BCUT2D eigenvalue weighted by molar-refractivity contribution is 0.259. The maximum absolute atomic E-state index is 10.7. The standard InChI is InChI=1S/C14H15N3OS/c15-14(18)16-11-5-3-10(4-6-11)12-8-19-13(17-12)7-9-1-2-9/h3-6,8-9H,1-2,7H2,(H3,15,16,18). The van der Waals surface area contributed by atoms with E-state index in [2.05, 4.69) is 15.7 Å². The van der Waals surface area contributed by atoms with E-state index >= 15 is 0 Å². The normalized spacial score (nSPS) is 14.3. The summed E-state index contributed by atoms with van der Waals surface area (Å²) in [6.45, 7) is 0. The molecule has 0 bridgehead atoms. The monoisotopic (exact) mass is 273 g/mol. The first-order valence-electron chi connectivity index (χ1n) is 6.32. The number of urea groups is 1. The summed E-state index contributed by atoms with van der Waals surface area (Å²) in [7, 11) is 0. The Balaban J connectivity index is 1.73. The van der Waals surface area contributed by atoms with Crippen molar-refractivity contribution in [3.63, 3.8) is 0 Å². The van der Waals surface area contributed by atoms with Crippen molar-refractivity contribution in [3.8, 4) is 11.3 Å². The fourth-order valence-electron chi connectivity index (χ4n) is 1.97. The summed E-state index contributed by atoms with van der Waals surface area (Å²) in [5.41, 5.74) is 7.84. The Kier molecular flexibility index (Phi) is 3.21. The second-order valence-corrected chi connectivity index (χ2v) is 5.78. The third-order valence-electron chi connectivity index (χ3n) is 3.16. The van der Waals surface area contributed by atoms with Crippen molar-refractivity contribution in [1.82, 2.24) is 4.98 Å². The quantitative estimate of drug-likeness (QED) is 0.897. The van der Waals surface area contributed by atoms with Crippen LogP contribution in [-0.4, -0.2) is 11.0 Å². The molecule has 0 unspecified atom stereocenters. The number of aromatic nitrogens is 1. The molecule has 1 aromatic carbocycles.